The van der Waals surface area contributed by atoms with Gasteiger partial charge in [-0.1, -0.05) is 12.1 Å². The predicted molar refractivity (Wildman–Crippen MR) is 84.5 cm³/mol. The zero-order chi connectivity index (χ0) is 16.7. The normalized spacial score (nSPS) is 15.2. The first-order valence-electron chi connectivity index (χ1n) is 7.91. The fraction of sp³-hybridized carbons (Fsp3) is 0.529. The van der Waals surface area contributed by atoms with Crippen molar-refractivity contribution in [3.05, 3.63) is 29.8 Å². The van der Waals surface area contributed by atoms with E-state index in [-0.39, 0.29) is 24.9 Å². The Kier molecular flexibility index (Phi) is 6.40. The highest BCUT2D eigenvalue weighted by atomic mass is 16.5. The summed E-state index contributed by atoms with van der Waals surface area (Å²) in [6.07, 6.45) is 1.56. The molecule has 1 aromatic carbocycles. The Morgan fingerprint density at radius 2 is 1.91 bits per heavy atom. The number of amides is 1. The Bertz CT molecular complexity index is 522. The highest BCUT2D eigenvalue weighted by Gasteiger charge is 2.27. The van der Waals surface area contributed by atoms with E-state index < -0.39 is 5.97 Å². The lowest BCUT2D eigenvalue weighted by Gasteiger charge is -2.33. The first-order valence-corrected chi connectivity index (χ1v) is 7.91. The molecule has 0 saturated carbocycles. The van der Waals surface area contributed by atoms with Gasteiger partial charge in [0.2, 0.25) is 5.91 Å². The van der Waals surface area contributed by atoms with Crippen LogP contribution in [0.5, 0.6) is 5.75 Å². The second-order valence-electron chi connectivity index (χ2n) is 5.51. The molecule has 1 aliphatic rings. The number of carbonyl (C=O) groups excluding carboxylic acids is 1. The maximum absolute atomic E-state index is 12.5. The summed E-state index contributed by atoms with van der Waals surface area (Å²) in [4.78, 5) is 25.1. The van der Waals surface area contributed by atoms with Crippen molar-refractivity contribution in [2.45, 2.75) is 32.2 Å². The van der Waals surface area contributed by atoms with Crippen LogP contribution in [0, 0.1) is 0 Å². The number of carboxylic acid groups (broad SMARTS) is 1. The van der Waals surface area contributed by atoms with E-state index in [4.69, 9.17) is 14.6 Å². The zero-order valence-corrected chi connectivity index (χ0v) is 13.4. The summed E-state index contributed by atoms with van der Waals surface area (Å²) in [6, 6.07) is 7.26. The Labute approximate surface area is 136 Å². The number of benzene rings is 1. The molecule has 0 atom stereocenters. The minimum atomic E-state index is -0.989. The van der Waals surface area contributed by atoms with E-state index in [0.29, 0.717) is 32.7 Å². The second kappa shape index (κ2) is 8.53. The van der Waals surface area contributed by atoms with Crippen molar-refractivity contribution in [3.8, 4) is 5.75 Å². The van der Waals surface area contributed by atoms with Crippen LogP contribution in [0.3, 0.4) is 0 Å². The molecule has 1 N–H and O–H groups in total. The van der Waals surface area contributed by atoms with Gasteiger partial charge in [-0.25, -0.2) is 0 Å². The van der Waals surface area contributed by atoms with Gasteiger partial charge in [0, 0.05) is 19.3 Å². The number of hydrogen-bond acceptors (Lipinski definition) is 4. The summed E-state index contributed by atoms with van der Waals surface area (Å²) in [7, 11) is 0. The van der Waals surface area contributed by atoms with Crippen molar-refractivity contribution in [1.82, 2.24) is 4.90 Å². The molecule has 0 bridgehead atoms. The van der Waals surface area contributed by atoms with Crippen molar-refractivity contribution in [3.63, 3.8) is 0 Å². The number of rotatable bonds is 7. The van der Waals surface area contributed by atoms with Crippen molar-refractivity contribution in [2.24, 2.45) is 0 Å². The van der Waals surface area contributed by atoms with Gasteiger partial charge in [0.25, 0.3) is 0 Å². The summed E-state index contributed by atoms with van der Waals surface area (Å²) in [5.74, 6) is -0.393. The molecule has 23 heavy (non-hydrogen) atoms. The van der Waals surface area contributed by atoms with E-state index in [1.165, 1.54) is 4.90 Å². The molecule has 1 amide bonds. The Hall–Kier alpha value is -2.08. The summed E-state index contributed by atoms with van der Waals surface area (Å²) in [5, 5.41) is 9.08. The zero-order valence-electron chi connectivity index (χ0n) is 13.4. The van der Waals surface area contributed by atoms with E-state index in [2.05, 4.69) is 0 Å². The van der Waals surface area contributed by atoms with Crippen LogP contribution in [0.4, 0.5) is 0 Å². The van der Waals surface area contributed by atoms with E-state index in [0.717, 1.165) is 11.3 Å². The molecule has 126 valence electrons. The topological polar surface area (TPSA) is 76.1 Å². The van der Waals surface area contributed by atoms with E-state index in [1.54, 1.807) is 0 Å². The predicted octanol–water partition coefficient (Wildman–Crippen LogP) is 1.72. The minimum Gasteiger partial charge on any atom is -0.494 e. The van der Waals surface area contributed by atoms with Gasteiger partial charge in [-0.3, -0.25) is 9.59 Å². The second-order valence-corrected chi connectivity index (χ2v) is 5.51. The number of ether oxygens (including phenoxy) is 2. The number of hydrogen-bond donors (Lipinski definition) is 1. The SMILES string of the molecule is CCOc1ccc(CC(=O)N(CC(=O)O)C2CCOCC2)cc1. The van der Waals surface area contributed by atoms with Gasteiger partial charge in [0.1, 0.15) is 12.3 Å². The van der Waals surface area contributed by atoms with Crippen LogP contribution in [-0.2, 0) is 20.7 Å². The third-order valence-electron chi connectivity index (χ3n) is 3.85. The monoisotopic (exact) mass is 321 g/mol. The van der Waals surface area contributed by atoms with Crippen LogP contribution in [0.1, 0.15) is 25.3 Å². The van der Waals surface area contributed by atoms with Gasteiger partial charge in [-0.2, -0.15) is 0 Å². The highest BCUT2D eigenvalue weighted by Crippen LogP contribution is 2.17. The van der Waals surface area contributed by atoms with Crippen molar-refractivity contribution < 1.29 is 24.2 Å². The summed E-state index contributed by atoms with van der Waals surface area (Å²) >= 11 is 0. The van der Waals surface area contributed by atoms with Crippen LogP contribution in [-0.4, -0.2) is 54.3 Å². The Balaban J connectivity index is 2.02. The molecule has 1 saturated heterocycles. The average molecular weight is 321 g/mol. The molecule has 0 spiro atoms. The molecule has 0 radical (unpaired) electrons. The lowest BCUT2D eigenvalue weighted by molar-refractivity contribution is -0.147. The molecule has 0 unspecified atom stereocenters. The highest BCUT2D eigenvalue weighted by molar-refractivity contribution is 5.83. The quantitative estimate of drug-likeness (QED) is 0.827. The van der Waals surface area contributed by atoms with Crippen LogP contribution in [0.15, 0.2) is 24.3 Å². The fourth-order valence-electron chi connectivity index (χ4n) is 2.71. The van der Waals surface area contributed by atoms with E-state index in [1.807, 2.05) is 31.2 Å². The van der Waals surface area contributed by atoms with Gasteiger partial charge >= 0.3 is 5.97 Å². The van der Waals surface area contributed by atoms with Crippen molar-refractivity contribution >= 4 is 11.9 Å². The molecule has 6 heteroatoms. The van der Waals surface area contributed by atoms with Crippen LogP contribution in [0.2, 0.25) is 0 Å². The lowest BCUT2D eigenvalue weighted by Crippen LogP contribution is -2.46. The maximum Gasteiger partial charge on any atom is 0.323 e. The average Bonchev–Trinajstić information content (AvgIpc) is 2.55. The summed E-state index contributed by atoms with van der Waals surface area (Å²) in [6.45, 7) is 3.37. The van der Waals surface area contributed by atoms with E-state index >= 15 is 0 Å². The maximum atomic E-state index is 12.5. The Morgan fingerprint density at radius 3 is 2.48 bits per heavy atom. The lowest BCUT2D eigenvalue weighted by atomic mass is 10.0. The smallest absolute Gasteiger partial charge is 0.323 e. The number of nitrogens with zero attached hydrogens (tertiary/aromatic N) is 1. The number of aliphatic carboxylic acids is 1. The van der Waals surface area contributed by atoms with Crippen molar-refractivity contribution in [2.75, 3.05) is 26.4 Å². The molecule has 1 aliphatic heterocycles. The summed E-state index contributed by atoms with van der Waals surface area (Å²) < 4.78 is 10.7. The molecule has 0 aliphatic carbocycles. The minimum absolute atomic E-state index is 0.0601. The standard InChI is InChI=1S/C17H23NO5/c1-2-23-15-5-3-13(4-6-15)11-16(19)18(12-17(20)21)14-7-9-22-10-8-14/h3-6,14H,2,7-12H2,1H3,(H,20,21). The molecule has 2 rings (SSSR count). The fourth-order valence-corrected chi connectivity index (χ4v) is 2.71. The van der Waals surface area contributed by atoms with Crippen LogP contribution >= 0.6 is 0 Å². The van der Waals surface area contributed by atoms with Gasteiger partial charge < -0.3 is 19.5 Å². The first kappa shape index (κ1) is 17.3. The largest absolute Gasteiger partial charge is 0.494 e. The third kappa shape index (κ3) is 5.25. The molecular formula is C17H23NO5. The Morgan fingerprint density at radius 1 is 1.26 bits per heavy atom. The molecule has 1 fully saturated rings. The number of carbonyl (C=O) groups is 2. The molecule has 6 nitrogen and oxygen atoms in total. The molecule has 1 aromatic rings. The van der Waals surface area contributed by atoms with E-state index in [9.17, 15) is 9.59 Å². The van der Waals surface area contributed by atoms with Gasteiger partial charge in [-0.15, -0.1) is 0 Å². The third-order valence-corrected chi connectivity index (χ3v) is 3.85. The van der Waals surface area contributed by atoms with Gasteiger partial charge in [0.15, 0.2) is 0 Å². The van der Waals surface area contributed by atoms with Crippen LogP contribution < -0.4 is 4.74 Å². The van der Waals surface area contributed by atoms with Gasteiger partial charge in [0.05, 0.1) is 13.0 Å². The number of carboxylic acids is 1. The molecule has 0 aromatic heterocycles. The first-order chi connectivity index (χ1) is 11.1. The van der Waals surface area contributed by atoms with Crippen LogP contribution in [0.25, 0.3) is 0 Å². The summed E-state index contributed by atoms with van der Waals surface area (Å²) in [5.41, 5.74) is 0.848. The molecule has 1 heterocycles. The van der Waals surface area contributed by atoms with Gasteiger partial charge in [-0.05, 0) is 37.5 Å². The molecular weight excluding hydrogens is 298 g/mol. The van der Waals surface area contributed by atoms with Crippen molar-refractivity contribution in [1.29, 1.82) is 0 Å².